The summed E-state index contributed by atoms with van der Waals surface area (Å²) in [5.41, 5.74) is -0.469. The molecule has 3 rings (SSSR count). The van der Waals surface area contributed by atoms with Gasteiger partial charge in [-0.25, -0.2) is 0 Å². The number of alkyl halides is 3. The van der Waals surface area contributed by atoms with Crippen molar-refractivity contribution in [3.05, 3.63) is 71.8 Å². The van der Waals surface area contributed by atoms with E-state index in [1.165, 1.54) is 47.3 Å². The van der Waals surface area contributed by atoms with Gasteiger partial charge in [-0.2, -0.15) is 18.4 Å². The molecule has 0 unspecified atom stereocenters. The number of rotatable bonds is 5. The van der Waals surface area contributed by atoms with Crippen molar-refractivity contribution in [2.24, 2.45) is 0 Å². The zero-order valence-electron chi connectivity index (χ0n) is 15.1. The summed E-state index contributed by atoms with van der Waals surface area (Å²) < 4.78 is 39.7. The van der Waals surface area contributed by atoms with E-state index in [2.05, 4.69) is 20.8 Å². The molecule has 0 aliphatic carbocycles. The molecule has 30 heavy (non-hydrogen) atoms. The van der Waals surface area contributed by atoms with Gasteiger partial charge in [-0.3, -0.25) is 14.2 Å². The van der Waals surface area contributed by atoms with Crippen LogP contribution in [0.5, 0.6) is 0 Å². The van der Waals surface area contributed by atoms with Crippen molar-refractivity contribution in [1.29, 1.82) is 5.26 Å². The Hall–Kier alpha value is -4.20. The summed E-state index contributed by atoms with van der Waals surface area (Å²) in [7, 11) is 0. The summed E-state index contributed by atoms with van der Waals surface area (Å²) in [6.45, 7) is -0.212. The van der Waals surface area contributed by atoms with Gasteiger partial charge in [-0.1, -0.05) is 12.1 Å². The van der Waals surface area contributed by atoms with E-state index in [0.29, 0.717) is 5.69 Å². The van der Waals surface area contributed by atoms with Crippen LogP contribution >= 0.6 is 0 Å². The molecule has 0 bridgehead atoms. The lowest BCUT2D eigenvalue weighted by molar-refractivity contribution is -0.137. The number of halogens is 3. The van der Waals surface area contributed by atoms with E-state index in [-0.39, 0.29) is 23.6 Å². The molecule has 0 saturated carbocycles. The molecule has 0 aliphatic heterocycles. The van der Waals surface area contributed by atoms with Crippen molar-refractivity contribution in [3.63, 3.8) is 0 Å². The van der Waals surface area contributed by atoms with Crippen molar-refractivity contribution in [1.82, 2.24) is 14.8 Å². The fourth-order valence-electron chi connectivity index (χ4n) is 2.53. The Kier molecular flexibility index (Phi) is 5.78. The highest BCUT2D eigenvalue weighted by Crippen LogP contribution is 2.30. The Bertz CT molecular complexity index is 1130. The maximum Gasteiger partial charge on any atom is 0.416 e. The van der Waals surface area contributed by atoms with Crippen LogP contribution in [0.3, 0.4) is 0 Å². The topological polar surface area (TPSA) is 113 Å². The van der Waals surface area contributed by atoms with Gasteiger partial charge in [-0.05, 0) is 36.4 Å². The number of nitriles is 1. The van der Waals surface area contributed by atoms with E-state index >= 15 is 0 Å². The van der Waals surface area contributed by atoms with Crippen LogP contribution in [0.25, 0.3) is 0 Å². The van der Waals surface area contributed by atoms with Gasteiger partial charge in [0.05, 0.1) is 5.56 Å². The summed E-state index contributed by atoms with van der Waals surface area (Å²) in [4.78, 5) is 24.5. The average Bonchev–Trinajstić information content (AvgIpc) is 3.14. The third kappa shape index (κ3) is 4.99. The SMILES string of the molecule is N#Cc1nncn1CC(=O)Nc1cccc(C(=O)Nc2cccc(C(F)(F)F)c2)c1. The Morgan fingerprint density at radius 2 is 1.77 bits per heavy atom. The summed E-state index contributed by atoms with van der Waals surface area (Å²) in [5.74, 6) is -1.16. The zero-order valence-corrected chi connectivity index (χ0v) is 15.1. The fourth-order valence-corrected chi connectivity index (χ4v) is 2.53. The molecule has 1 aromatic heterocycles. The number of anilines is 2. The third-order valence-corrected chi connectivity index (χ3v) is 3.89. The molecular weight excluding hydrogens is 401 g/mol. The van der Waals surface area contributed by atoms with E-state index in [9.17, 15) is 22.8 Å². The standard InChI is InChI=1S/C19H13F3N6O2/c20-19(21,22)13-4-2-6-15(8-13)26-18(30)12-3-1-5-14(7-12)25-17(29)10-28-11-24-27-16(28)9-23/h1-8,11H,10H2,(H,25,29)(H,26,30). The lowest BCUT2D eigenvalue weighted by Crippen LogP contribution is -2.20. The largest absolute Gasteiger partial charge is 0.416 e. The van der Waals surface area contributed by atoms with Crippen LogP contribution in [0.2, 0.25) is 0 Å². The average molecular weight is 414 g/mol. The van der Waals surface area contributed by atoms with Crippen molar-refractivity contribution in [3.8, 4) is 6.07 Å². The highest BCUT2D eigenvalue weighted by Gasteiger charge is 2.30. The lowest BCUT2D eigenvalue weighted by atomic mass is 10.1. The zero-order chi connectivity index (χ0) is 21.7. The first kappa shape index (κ1) is 20.5. The molecule has 0 saturated heterocycles. The predicted octanol–water partition coefficient (Wildman–Crippen LogP) is 3.06. The first-order valence-electron chi connectivity index (χ1n) is 8.42. The number of hydrogen-bond acceptors (Lipinski definition) is 5. The van der Waals surface area contributed by atoms with Crippen LogP contribution in [-0.2, 0) is 17.5 Å². The number of nitrogens with one attached hydrogen (secondary N) is 2. The minimum absolute atomic E-state index is 0.0131. The molecule has 2 N–H and O–H groups in total. The van der Waals surface area contributed by atoms with Crippen LogP contribution in [-0.4, -0.2) is 26.6 Å². The highest BCUT2D eigenvalue weighted by atomic mass is 19.4. The molecule has 0 atom stereocenters. The van der Waals surface area contributed by atoms with E-state index < -0.39 is 23.6 Å². The normalized spacial score (nSPS) is 10.9. The Morgan fingerprint density at radius 1 is 1.07 bits per heavy atom. The minimum atomic E-state index is -4.53. The third-order valence-electron chi connectivity index (χ3n) is 3.89. The summed E-state index contributed by atoms with van der Waals surface area (Å²) in [5, 5.41) is 20.9. The second-order valence-corrected chi connectivity index (χ2v) is 6.06. The van der Waals surface area contributed by atoms with E-state index in [0.717, 1.165) is 12.1 Å². The van der Waals surface area contributed by atoms with Gasteiger partial charge in [0.15, 0.2) is 0 Å². The van der Waals surface area contributed by atoms with Gasteiger partial charge < -0.3 is 10.6 Å². The van der Waals surface area contributed by atoms with Crippen LogP contribution in [0.1, 0.15) is 21.7 Å². The summed E-state index contributed by atoms with van der Waals surface area (Å²) >= 11 is 0. The minimum Gasteiger partial charge on any atom is -0.325 e. The van der Waals surface area contributed by atoms with Crippen LogP contribution in [0.4, 0.5) is 24.5 Å². The molecule has 8 nitrogen and oxygen atoms in total. The van der Waals surface area contributed by atoms with Gasteiger partial charge in [0, 0.05) is 16.9 Å². The van der Waals surface area contributed by atoms with Gasteiger partial charge in [-0.15, -0.1) is 10.2 Å². The first-order chi connectivity index (χ1) is 14.3. The van der Waals surface area contributed by atoms with E-state index in [4.69, 9.17) is 5.26 Å². The number of carbonyl (C=O) groups is 2. The number of aromatic nitrogens is 3. The maximum atomic E-state index is 12.8. The second kappa shape index (κ2) is 8.44. The van der Waals surface area contributed by atoms with E-state index in [1.54, 1.807) is 6.07 Å². The molecule has 152 valence electrons. The van der Waals surface area contributed by atoms with E-state index in [1.807, 2.05) is 0 Å². The number of nitrogens with zero attached hydrogens (tertiary/aromatic N) is 4. The smallest absolute Gasteiger partial charge is 0.325 e. The molecule has 0 aliphatic rings. The molecule has 2 amide bonds. The predicted molar refractivity (Wildman–Crippen MR) is 99.2 cm³/mol. The Balaban J connectivity index is 1.68. The molecule has 0 radical (unpaired) electrons. The molecule has 2 aromatic carbocycles. The molecule has 0 fully saturated rings. The Morgan fingerprint density at radius 3 is 2.47 bits per heavy atom. The van der Waals surface area contributed by atoms with Crippen molar-refractivity contribution in [2.45, 2.75) is 12.7 Å². The van der Waals surface area contributed by atoms with Gasteiger partial charge >= 0.3 is 6.18 Å². The molecule has 11 heteroatoms. The van der Waals surface area contributed by atoms with Crippen LogP contribution in [0, 0.1) is 11.3 Å². The maximum absolute atomic E-state index is 12.8. The van der Waals surface area contributed by atoms with Crippen LogP contribution in [0.15, 0.2) is 54.9 Å². The number of carbonyl (C=O) groups excluding carboxylic acids is 2. The fraction of sp³-hybridized carbons (Fsp3) is 0.105. The lowest BCUT2D eigenvalue weighted by Gasteiger charge is -2.11. The summed E-state index contributed by atoms with van der Waals surface area (Å²) in [6.07, 6.45) is -3.29. The monoisotopic (exact) mass is 414 g/mol. The van der Waals surface area contributed by atoms with Gasteiger partial charge in [0.1, 0.15) is 18.9 Å². The molecule has 1 heterocycles. The second-order valence-electron chi connectivity index (χ2n) is 6.06. The Labute approximate surface area is 168 Å². The number of benzene rings is 2. The number of amides is 2. The quantitative estimate of drug-likeness (QED) is 0.666. The van der Waals surface area contributed by atoms with Gasteiger partial charge in [0.25, 0.3) is 5.91 Å². The highest BCUT2D eigenvalue weighted by molar-refractivity contribution is 6.05. The van der Waals surface area contributed by atoms with Crippen molar-refractivity contribution in [2.75, 3.05) is 10.6 Å². The molecule has 3 aromatic rings. The molecule has 0 spiro atoms. The van der Waals surface area contributed by atoms with Crippen molar-refractivity contribution < 1.29 is 22.8 Å². The van der Waals surface area contributed by atoms with Gasteiger partial charge in [0.2, 0.25) is 11.7 Å². The van der Waals surface area contributed by atoms with Crippen LogP contribution < -0.4 is 10.6 Å². The summed E-state index contributed by atoms with van der Waals surface area (Å²) in [6, 6.07) is 11.9. The molecular formula is C19H13F3N6O2. The number of hydrogen-bond donors (Lipinski definition) is 2. The first-order valence-corrected chi connectivity index (χ1v) is 8.42. The van der Waals surface area contributed by atoms with Crippen molar-refractivity contribution >= 4 is 23.2 Å².